The lowest BCUT2D eigenvalue weighted by molar-refractivity contribution is -0.123. The van der Waals surface area contributed by atoms with Crippen LogP contribution >= 0.6 is 0 Å². The predicted octanol–water partition coefficient (Wildman–Crippen LogP) is 0.262. The maximum absolute atomic E-state index is 11.6. The normalized spacial score (nSPS) is 21.0. The average Bonchev–Trinajstić information content (AvgIpc) is 2.48. The Morgan fingerprint density at radius 3 is 2.29 bits per heavy atom. The van der Waals surface area contributed by atoms with Crippen molar-refractivity contribution in [1.29, 1.82) is 0 Å². The van der Waals surface area contributed by atoms with Gasteiger partial charge >= 0.3 is 0 Å². The minimum Gasteiger partial charge on any atom is -0.319 e. The number of Topliss-reactive ketones (excluding diaryl/α,β-unsaturated/α-hetero) is 1. The van der Waals surface area contributed by atoms with Crippen molar-refractivity contribution in [3.05, 3.63) is 0 Å². The summed E-state index contributed by atoms with van der Waals surface area (Å²) in [7, 11) is -3.05. The molecular formula is C9H17NO3S. The first-order valence-electron chi connectivity index (χ1n) is 4.83. The summed E-state index contributed by atoms with van der Waals surface area (Å²) in [6, 6.07) is 0. The summed E-state index contributed by atoms with van der Waals surface area (Å²) < 4.78 is 21.7. The minimum atomic E-state index is -3.05. The van der Waals surface area contributed by atoms with Crippen LogP contribution in [-0.4, -0.2) is 31.7 Å². The van der Waals surface area contributed by atoms with Crippen LogP contribution in [0.1, 0.15) is 32.1 Å². The number of hydrogen-bond donors (Lipinski definition) is 1. The molecule has 0 aromatic heterocycles. The molecule has 4 nitrogen and oxygen atoms in total. The Labute approximate surface area is 84.8 Å². The first-order chi connectivity index (χ1) is 6.33. The van der Waals surface area contributed by atoms with Gasteiger partial charge in [-0.05, 0) is 12.8 Å². The maximum Gasteiger partial charge on any atom is 0.153 e. The van der Waals surface area contributed by atoms with Crippen LogP contribution in [0.2, 0.25) is 0 Å². The van der Waals surface area contributed by atoms with Crippen molar-refractivity contribution in [2.75, 3.05) is 12.0 Å². The molecule has 1 rings (SSSR count). The van der Waals surface area contributed by atoms with Gasteiger partial charge in [0, 0.05) is 12.7 Å². The Morgan fingerprint density at radius 1 is 1.36 bits per heavy atom. The fourth-order valence-corrected chi connectivity index (χ4v) is 2.37. The second kappa shape index (κ2) is 3.98. The first kappa shape index (κ1) is 11.7. The highest BCUT2D eigenvalue weighted by Gasteiger charge is 2.36. The second-order valence-electron chi connectivity index (χ2n) is 4.17. The van der Waals surface area contributed by atoms with Crippen molar-refractivity contribution >= 4 is 15.6 Å². The van der Waals surface area contributed by atoms with Crippen molar-refractivity contribution in [1.82, 2.24) is 0 Å². The van der Waals surface area contributed by atoms with Crippen LogP contribution in [0.25, 0.3) is 0 Å². The van der Waals surface area contributed by atoms with Crippen molar-refractivity contribution in [2.24, 2.45) is 5.73 Å². The fraction of sp³-hybridized carbons (Fsp3) is 0.889. The molecule has 1 saturated carbocycles. The van der Waals surface area contributed by atoms with E-state index in [-0.39, 0.29) is 18.0 Å². The number of sulfone groups is 1. The Kier molecular flexibility index (Phi) is 3.32. The molecule has 0 radical (unpaired) electrons. The third-order valence-corrected chi connectivity index (χ3v) is 3.70. The molecule has 1 fully saturated rings. The number of nitrogens with two attached hydrogens (primary N) is 1. The summed E-state index contributed by atoms with van der Waals surface area (Å²) in [5, 5.41) is 0. The van der Waals surface area contributed by atoms with Gasteiger partial charge in [-0.1, -0.05) is 12.8 Å². The maximum atomic E-state index is 11.6. The van der Waals surface area contributed by atoms with E-state index in [2.05, 4.69) is 0 Å². The molecule has 0 aromatic carbocycles. The predicted molar refractivity (Wildman–Crippen MR) is 54.7 cm³/mol. The first-order valence-corrected chi connectivity index (χ1v) is 6.89. The van der Waals surface area contributed by atoms with Crippen LogP contribution in [0.5, 0.6) is 0 Å². The Morgan fingerprint density at radius 2 is 1.86 bits per heavy atom. The van der Waals surface area contributed by atoms with Gasteiger partial charge in [-0.25, -0.2) is 8.42 Å². The van der Waals surface area contributed by atoms with Gasteiger partial charge in [-0.15, -0.1) is 0 Å². The van der Waals surface area contributed by atoms with Crippen molar-refractivity contribution < 1.29 is 13.2 Å². The average molecular weight is 219 g/mol. The standard InChI is InChI=1S/C9H17NO3S/c1-14(12,13)7-4-8(11)9(10)5-2-3-6-9/h2-7,10H2,1H3. The van der Waals surface area contributed by atoms with Crippen LogP contribution in [0.3, 0.4) is 0 Å². The van der Waals surface area contributed by atoms with E-state index in [1.807, 2.05) is 0 Å². The third kappa shape index (κ3) is 3.06. The van der Waals surface area contributed by atoms with Gasteiger partial charge in [-0.3, -0.25) is 4.79 Å². The molecule has 0 heterocycles. The molecule has 0 bridgehead atoms. The van der Waals surface area contributed by atoms with Gasteiger partial charge < -0.3 is 5.73 Å². The summed E-state index contributed by atoms with van der Waals surface area (Å²) in [5.74, 6) is -0.175. The highest BCUT2D eigenvalue weighted by atomic mass is 32.2. The highest BCUT2D eigenvalue weighted by Crippen LogP contribution is 2.28. The largest absolute Gasteiger partial charge is 0.319 e. The molecule has 0 aromatic rings. The molecule has 82 valence electrons. The van der Waals surface area contributed by atoms with Gasteiger partial charge in [0.15, 0.2) is 5.78 Å². The van der Waals surface area contributed by atoms with Crippen molar-refractivity contribution in [3.8, 4) is 0 Å². The van der Waals surface area contributed by atoms with E-state index in [0.717, 1.165) is 19.1 Å². The number of carbonyl (C=O) groups excluding carboxylic acids is 1. The third-order valence-electron chi connectivity index (χ3n) is 2.75. The van der Waals surface area contributed by atoms with E-state index in [4.69, 9.17) is 5.73 Å². The summed E-state index contributed by atoms with van der Waals surface area (Å²) >= 11 is 0. The molecule has 0 spiro atoms. The molecule has 1 aliphatic carbocycles. The highest BCUT2D eigenvalue weighted by molar-refractivity contribution is 7.90. The quantitative estimate of drug-likeness (QED) is 0.736. The topological polar surface area (TPSA) is 77.2 Å². The summed E-state index contributed by atoms with van der Waals surface area (Å²) in [6.45, 7) is 0. The van der Waals surface area contributed by atoms with Gasteiger partial charge in [0.2, 0.25) is 0 Å². The van der Waals surface area contributed by atoms with Crippen LogP contribution < -0.4 is 5.73 Å². The lowest BCUT2D eigenvalue weighted by Gasteiger charge is -2.21. The van der Waals surface area contributed by atoms with Crippen molar-refractivity contribution in [3.63, 3.8) is 0 Å². The number of hydrogen-bond acceptors (Lipinski definition) is 4. The van der Waals surface area contributed by atoms with Gasteiger partial charge in [-0.2, -0.15) is 0 Å². The van der Waals surface area contributed by atoms with Gasteiger partial charge in [0.05, 0.1) is 11.3 Å². The monoisotopic (exact) mass is 219 g/mol. The van der Waals surface area contributed by atoms with Crippen LogP contribution in [0.15, 0.2) is 0 Å². The smallest absolute Gasteiger partial charge is 0.153 e. The van der Waals surface area contributed by atoms with E-state index >= 15 is 0 Å². The number of carbonyl (C=O) groups is 1. The number of ketones is 1. The summed E-state index contributed by atoms with van der Waals surface area (Å²) in [6.07, 6.45) is 4.56. The summed E-state index contributed by atoms with van der Waals surface area (Å²) in [5.41, 5.74) is 5.16. The lowest BCUT2D eigenvalue weighted by Crippen LogP contribution is -2.45. The molecule has 0 aliphatic heterocycles. The van der Waals surface area contributed by atoms with E-state index < -0.39 is 15.4 Å². The Bertz CT molecular complexity index is 315. The fourth-order valence-electron chi connectivity index (χ4n) is 1.81. The zero-order valence-electron chi connectivity index (χ0n) is 8.45. The molecule has 0 atom stereocenters. The summed E-state index contributed by atoms with van der Waals surface area (Å²) in [4.78, 5) is 11.6. The SMILES string of the molecule is CS(=O)(=O)CCC(=O)C1(N)CCCC1. The second-order valence-corrected chi connectivity index (χ2v) is 6.43. The van der Waals surface area contributed by atoms with E-state index in [1.165, 1.54) is 0 Å². The zero-order chi connectivity index (χ0) is 10.8. The molecule has 5 heteroatoms. The molecule has 0 saturated heterocycles. The van der Waals surface area contributed by atoms with Crippen molar-refractivity contribution in [2.45, 2.75) is 37.6 Å². The van der Waals surface area contributed by atoms with Gasteiger partial charge in [0.1, 0.15) is 9.84 Å². The Hall–Kier alpha value is -0.420. The zero-order valence-corrected chi connectivity index (χ0v) is 9.27. The van der Waals surface area contributed by atoms with Crippen LogP contribution in [0.4, 0.5) is 0 Å². The van der Waals surface area contributed by atoms with E-state index in [0.29, 0.717) is 12.8 Å². The molecule has 0 unspecified atom stereocenters. The molecule has 14 heavy (non-hydrogen) atoms. The molecule has 2 N–H and O–H groups in total. The lowest BCUT2D eigenvalue weighted by atomic mass is 9.92. The van der Waals surface area contributed by atoms with E-state index in [1.54, 1.807) is 0 Å². The van der Waals surface area contributed by atoms with E-state index in [9.17, 15) is 13.2 Å². The number of rotatable bonds is 4. The Balaban J connectivity index is 2.50. The molecular weight excluding hydrogens is 202 g/mol. The van der Waals surface area contributed by atoms with Crippen LogP contribution in [-0.2, 0) is 14.6 Å². The molecule has 1 aliphatic rings. The molecule has 0 amide bonds. The van der Waals surface area contributed by atoms with Crippen LogP contribution in [0, 0.1) is 0 Å². The van der Waals surface area contributed by atoms with Gasteiger partial charge in [0.25, 0.3) is 0 Å². The minimum absolute atomic E-state index is 0.0648.